The second-order valence-corrected chi connectivity index (χ2v) is 10.7. The fraction of sp³-hybridized carbons (Fsp3) is 0.152. The maximum atomic E-state index is 6.19. The number of methoxy groups -OCH3 is 1. The zero-order valence-corrected chi connectivity index (χ0v) is 24.5. The molecular weight excluding hydrogens is 552 g/mol. The number of nitrogens with zero attached hydrogens (tertiary/aromatic N) is 3. The highest BCUT2D eigenvalue weighted by molar-refractivity contribution is 7.80. The van der Waals surface area contributed by atoms with Gasteiger partial charge in [-0.1, -0.05) is 17.7 Å². The number of hydrogen-bond acceptors (Lipinski definition) is 4. The van der Waals surface area contributed by atoms with E-state index in [9.17, 15) is 0 Å². The standard InChI is InChI=1S/C33H29ClN4O2S/c1-21-20-29(22(2)37(21)24-9-7-23(34)8-10-24)32-31(30-6-4-5-19-35-30)36-33(41)38(32)25-11-13-27(14-12-25)40-28-17-15-26(39-3)16-18-28/h4-20,31-32H,1-3H3,(H,36,41). The van der Waals surface area contributed by atoms with E-state index in [0.717, 1.165) is 45.7 Å². The van der Waals surface area contributed by atoms with Gasteiger partial charge >= 0.3 is 0 Å². The van der Waals surface area contributed by atoms with Gasteiger partial charge in [0.2, 0.25) is 0 Å². The zero-order chi connectivity index (χ0) is 28.5. The highest BCUT2D eigenvalue weighted by atomic mass is 35.5. The Labute approximate surface area is 250 Å². The van der Waals surface area contributed by atoms with E-state index in [1.54, 1.807) is 7.11 Å². The predicted molar refractivity (Wildman–Crippen MR) is 168 cm³/mol. The fourth-order valence-electron chi connectivity index (χ4n) is 5.48. The van der Waals surface area contributed by atoms with Crippen molar-refractivity contribution >= 4 is 34.6 Å². The second kappa shape index (κ2) is 11.3. The van der Waals surface area contributed by atoms with E-state index >= 15 is 0 Å². The summed E-state index contributed by atoms with van der Waals surface area (Å²) in [6.45, 7) is 4.27. The number of rotatable bonds is 7. The van der Waals surface area contributed by atoms with Crippen LogP contribution in [0.4, 0.5) is 5.69 Å². The molecule has 1 aliphatic rings. The van der Waals surface area contributed by atoms with Gasteiger partial charge in [-0.3, -0.25) is 4.98 Å². The third-order valence-corrected chi connectivity index (χ3v) is 7.95. The molecule has 1 saturated heterocycles. The number of benzene rings is 3. The first-order chi connectivity index (χ1) is 19.9. The molecule has 0 aliphatic carbocycles. The molecule has 0 saturated carbocycles. The lowest BCUT2D eigenvalue weighted by Gasteiger charge is -2.28. The van der Waals surface area contributed by atoms with Gasteiger partial charge < -0.3 is 24.3 Å². The summed E-state index contributed by atoms with van der Waals surface area (Å²) in [5.41, 5.74) is 6.37. The average Bonchev–Trinajstić information content (AvgIpc) is 3.49. The lowest BCUT2D eigenvalue weighted by Crippen LogP contribution is -2.29. The van der Waals surface area contributed by atoms with E-state index in [0.29, 0.717) is 10.1 Å². The first-order valence-corrected chi connectivity index (χ1v) is 14.1. The zero-order valence-electron chi connectivity index (χ0n) is 22.9. The van der Waals surface area contributed by atoms with E-state index in [1.165, 1.54) is 5.56 Å². The normalized spacial score (nSPS) is 16.5. The molecule has 6 rings (SSSR count). The fourth-order valence-corrected chi connectivity index (χ4v) is 5.95. The molecule has 0 radical (unpaired) electrons. The summed E-state index contributed by atoms with van der Waals surface area (Å²) in [6.07, 6.45) is 1.82. The lowest BCUT2D eigenvalue weighted by atomic mass is 9.96. The monoisotopic (exact) mass is 580 g/mol. The molecule has 2 atom stereocenters. The van der Waals surface area contributed by atoms with Gasteiger partial charge in [-0.25, -0.2) is 0 Å². The minimum atomic E-state index is -0.141. The van der Waals surface area contributed by atoms with Crippen LogP contribution in [0.5, 0.6) is 17.2 Å². The number of aromatic nitrogens is 2. The van der Waals surface area contributed by atoms with Gasteiger partial charge in [0.05, 0.1) is 24.9 Å². The van der Waals surface area contributed by atoms with Gasteiger partial charge in [0.25, 0.3) is 0 Å². The highest BCUT2D eigenvalue weighted by Gasteiger charge is 2.42. The van der Waals surface area contributed by atoms with Crippen LogP contribution < -0.4 is 19.7 Å². The van der Waals surface area contributed by atoms with Crippen LogP contribution in [0, 0.1) is 13.8 Å². The number of thiocarbonyl (C=S) groups is 1. The number of pyridine rings is 1. The minimum Gasteiger partial charge on any atom is -0.497 e. The molecule has 0 spiro atoms. The van der Waals surface area contributed by atoms with Gasteiger partial charge in [-0.2, -0.15) is 0 Å². The summed E-state index contributed by atoms with van der Waals surface area (Å²) in [6, 6.07) is 31.4. The molecule has 6 nitrogen and oxygen atoms in total. The SMILES string of the molecule is COc1ccc(Oc2ccc(N3C(=S)NC(c4ccccn4)C3c3cc(C)n(-c4ccc(Cl)cc4)c3C)cc2)cc1. The van der Waals surface area contributed by atoms with Crippen LogP contribution in [-0.4, -0.2) is 21.8 Å². The Balaban J connectivity index is 1.38. The van der Waals surface area contributed by atoms with Crippen molar-refractivity contribution < 1.29 is 9.47 Å². The van der Waals surface area contributed by atoms with Gasteiger partial charge in [0.15, 0.2) is 5.11 Å². The molecule has 2 aromatic heterocycles. The van der Waals surface area contributed by atoms with E-state index in [4.69, 9.17) is 38.3 Å². The molecule has 0 bridgehead atoms. The first-order valence-electron chi connectivity index (χ1n) is 13.3. The van der Waals surface area contributed by atoms with Crippen molar-refractivity contribution in [1.82, 2.24) is 14.9 Å². The van der Waals surface area contributed by atoms with Crippen LogP contribution in [0.3, 0.4) is 0 Å². The molecule has 5 aromatic rings. The van der Waals surface area contributed by atoms with Crippen LogP contribution in [-0.2, 0) is 0 Å². The highest BCUT2D eigenvalue weighted by Crippen LogP contribution is 2.44. The first kappa shape index (κ1) is 26.9. The summed E-state index contributed by atoms with van der Waals surface area (Å²) in [7, 11) is 1.65. The van der Waals surface area contributed by atoms with Crippen LogP contribution in [0.2, 0.25) is 5.02 Å². The third-order valence-electron chi connectivity index (χ3n) is 7.38. The molecule has 2 unspecified atom stereocenters. The Morgan fingerprint density at radius 1 is 0.829 bits per heavy atom. The maximum absolute atomic E-state index is 6.19. The number of nitrogens with one attached hydrogen (secondary N) is 1. The molecular formula is C33H29ClN4O2S. The Bertz CT molecular complexity index is 1670. The van der Waals surface area contributed by atoms with Crippen LogP contribution in [0.15, 0.2) is 103 Å². The molecule has 1 N–H and O–H groups in total. The summed E-state index contributed by atoms with van der Waals surface area (Å²) in [5, 5.41) is 4.92. The van der Waals surface area contributed by atoms with Gasteiger partial charge in [0, 0.05) is 34.0 Å². The Morgan fingerprint density at radius 2 is 1.46 bits per heavy atom. The van der Waals surface area contributed by atoms with Crippen molar-refractivity contribution in [2.45, 2.75) is 25.9 Å². The molecule has 3 heterocycles. The number of anilines is 1. The summed E-state index contributed by atoms with van der Waals surface area (Å²) in [4.78, 5) is 6.88. The van der Waals surface area contributed by atoms with E-state index in [2.05, 4.69) is 34.7 Å². The third kappa shape index (κ3) is 5.26. The van der Waals surface area contributed by atoms with Crippen molar-refractivity contribution in [3.63, 3.8) is 0 Å². The second-order valence-electron chi connectivity index (χ2n) is 9.91. The van der Waals surface area contributed by atoms with Crippen LogP contribution in [0.1, 0.15) is 34.7 Å². The lowest BCUT2D eigenvalue weighted by molar-refractivity contribution is 0.413. The molecule has 41 heavy (non-hydrogen) atoms. The number of halogens is 1. The Morgan fingerprint density at radius 3 is 2.10 bits per heavy atom. The largest absolute Gasteiger partial charge is 0.497 e. The molecule has 206 valence electrons. The topological polar surface area (TPSA) is 51.6 Å². The van der Waals surface area contributed by atoms with Crippen LogP contribution in [0.25, 0.3) is 5.69 Å². The Hall–Kier alpha value is -4.33. The smallest absolute Gasteiger partial charge is 0.174 e. The summed E-state index contributed by atoms with van der Waals surface area (Å²) >= 11 is 12.1. The predicted octanol–water partition coefficient (Wildman–Crippen LogP) is 8.12. The van der Waals surface area contributed by atoms with Gasteiger partial charge in [-0.05, 0) is 123 Å². The van der Waals surface area contributed by atoms with Crippen molar-refractivity contribution in [2.75, 3.05) is 12.0 Å². The average molecular weight is 581 g/mol. The van der Waals surface area contributed by atoms with Crippen molar-refractivity contribution in [3.05, 3.63) is 131 Å². The molecule has 1 fully saturated rings. The van der Waals surface area contributed by atoms with Crippen LogP contribution >= 0.6 is 23.8 Å². The number of aryl methyl sites for hydroxylation is 1. The molecule has 0 amide bonds. The summed E-state index contributed by atoms with van der Waals surface area (Å²) in [5.74, 6) is 2.25. The molecule has 8 heteroatoms. The van der Waals surface area contributed by atoms with E-state index in [-0.39, 0.29) is 12.1 Å². The molecule has 1 aliphatic heterocycles. The van der Waals surface area contributed by atoms with Gasteiger partial charge in [0.1, 0.15) is 17.2 Å². The van der Waals surface area contributed by atoms with Crippen molar-refractivity contribution in [1.29, 1.82) is 0 Å². The number of ether oxygens (including phenoxy) is 2. The minimum absolute atomic E-state index is 0.127. The Kier molecular flexibility index (Phi) is 7.39. The molecule has 3 aromatic carbocycles. The summed E-state index contributed by atoms with van der Waals surface area (Å²) < 4.78 is 13.6. The number of hydrogen-bond donors (Lipinski definition) is 1. The quantitative estimate of drug-likeness (QED) is 0.196. The van der Waals surface area contributed by atoms with Crippen molar-refractivity contribution in [2.24, 2.45) is 0 Å². The van der Waals surface area contributed by atoms with Gasteiger partial charge in [-0.15, -0.1) is 0 Å². The maximum Gasteiger partial charge on any atom is 0.174 e. The van der Waals surface area contributed by atoms with E-state index in [1.807, 2.05) is 97.2 Å². The van der Waals surface area contributed by atoms with E-state index < -0.39 is 0 Å². The van der Waals surface area contributed by atoms with Crippen molar-refractivity contribution in [3.8, 4) is 22.9 Å².